The molecule has 1 aromatic heterocycles. The first kappa shape index (κ1) is 18.8. The third-order valence-corrected chi connectivity index (χ3v) is 3.69. The Hall–Kier alpha value is -2.24. The van der Waals surface area contributed by atoms with Gasteiger partial charge in [-0.1, -0.05) is 26.7 Å². The molecule has 1 atom stereocenters. The van der Waals surface area contributed by atoms with Crippen LogP contribution in [0.1, 0.15) is 57.3 Å². The summed E-state index contributed by atoms with van der Waals surface area (Å²) in [6, 6.07) is 3.02. The summed E-state index contributed by atoms with van der Waals surface area (Å²) >= 11 is 0. The fourth-order valence-electron chi connectivity index (χ4n) is 2.42. The van der Waals surface area contributed by atoms with E-state index in [0.29, 0.717) is 18.0 Å². The summed E-state index contributed by atoms with van der Waals surface area (Å²) in [5.74, 6) is -0.474. The van der Waals surface area contributed by atoms with E-state index in [0.717, 1.165) is 24.2 Å². The van der Waals surface area contributed by atoms with Crippen LogP contribution in [0.4, 0.5) is 5.82 Å². The maximum atomic E-state index is 12.3. The molecule has 0 saturated carbocycles. The number of carbonyl (C=O) groups is 3. The van der Waals surface area contributed by atoms with E-state index in [9.17, 15) is 14.4 Å². The van der Waals surface area contributed by atoms with Crippen molar-refractivity contribution in [1.29, 1.82) is 0 Å². The van der Waals surface area contributed by atoms with E-state index in [1.807, 2.05) is 0 Å². The molecule has 1 aromatic rings. The zero-order chi connectivity index (χ0) is 17.4. The number of nitrogens with one attached hydrogen (secondary N) is 1. The van der Waals surface area contributed by atoms with E-state index in [1.165, 1.54) is 26.1 Å². The number of nitrogens with zero attached hydrogens (tertiary/aromatic N) is 2. The molecule has 6 heteroatoms. The highest BCUT2D eigenvalue weighted by Crippen LogP contribution is 2.14. The van der Waals surface area contributed by atoms with E-state index in [4.69, 9.17) is 0 Å². The number of rotatable bonds is 7. The molecular formula is C17H25N3O3. The Balaban J connectivity index is 2.85. The SMILES string of the molecule is CCCC(CC)CNC(=O)c1ccnc(N(C(C)=O)C(C)=O)c1. The van der Waals surface area contributed by atoms with Crippen LogP contribution < -0.4 is 10.2 Å². The van der Waals surface area contributed by atoms with Crippen LogP contribution in [0.3, 0.4) is 0 Å². The number of hydrogen-bond acceptors (Lipinski definition) is 4. The van der Waals surface area contributed by atoms with Crippen LogP contribution in [-0.2, 0) is 9.59 Å². The molecule has 0 aliphatic heterocycles. The number of anilines is 1. The van der Waals surface area contributed by atoms with Gasteiger partial charge >= 0.3 is 0 Å². The van der Waals surface area contributed by atoms with Gasteiger partial charge in [0.25, 0.3) is 5.91 Å². The molecule has 1 unspecified atom stereocenters. The molecule has 126 valence electrons. The Bertz CT molecular complexity index is 558. The average Bonchev–Trinajstić information content (AvgIpc) is 2.50. The summed E-state index contributed by atoms with van der Waals surface area (Å²) in [6.45, 7) is 7.41. The fraction of sp³-hybridized carbons (Fsp3) is 0.529. The van der Waals surface area contributed by atoms with Crippen molar-refractivity contribution in [3.63, 3.8) is 0 Å². The highest BCUT2D eigenvalue weighted by Gasteiger charge is 2.19. The van der Waals surface area contributed by atoms with Crippen LogP contribution in [0.2, 0.25) is 0 Å². The van der Waals surface area contributed by atoms with Crippen molar-refractivity contribution in [3.8, 4) is 0 Å². The number of amides is 3. The van der Waals surface area contributed by atoms with Gasteiger partial charge in [-0.25, -0.2) is 9.88 Å². The van der Waals surface area contributed by atoms with Crippen molar-refractivity contribution in [2.45, 2.75) is 47.0 Å². The van der Waals surface area contributed by atoms with Crippen LogP contribution in [-0.4, -0.2) is 29.3 Å². The van der Waals surface area contributed by atoms with Gasteiger partial charge in [-0.2, -0.15) is 0 Å². The lowest BCUT2D eigenvalue weighted by Crippen LogP contribution is -2.34. The smallest absolute Gasteiger partial charge is 0.251 e. The zero-order valence-electron chi connectivity index (χ0n) is 14.3. The minimum absolute atomic E-state index is 0.165. The molecule has 6 nitrogen and oxygen atoms in total. The van der Waals surface area contributed by atoms with E-state index in [-0.39, 0.29) is 11.7 Å². The van der Waals surface area contributed by atoms with Crippen molar-refractivity contribution in [1.82, 2.24) is 10.3 Å². The van der Waals surface area contributed by atoms with Gasteiger partial charge in [0.15, 0.2) is 0 Å². The topological polar surface area (TPSA) is 79.4 Å². The lowest BCUT2D eigenvalue weighted by Gasteiger charge is -2.17. The van der Waals surface area contributed by atoms with Crippen LogP contribution in [0.15, 0.2) is 18.3 Å². The Labute approximate surface area is 137 Å². The van der Waals surface area contributed by atoms with Crippen molar-refractivity contribution in [2.24, 2.45) is 5.92 Å². The van der Waals surface area contributed by atoms with Crippen LogP contribution in [0, 0.1) is 5.92 Å². The summed E-state index contributed by atoms with van der Waals surface area (Å²) in [4.78, 5) is 40.3. The first-order valence-electron chi connectivity index (χ1n) is 7.96. The molecule has 3 amide bonds. The molecule has 23 heavy (non-hydrogen) atoms. The number of imide groups is 1. The lowest BCUT2D eigenvalue weighted by molar-refractivity contribution is -0.124. The maximum Gasteiger partial charge on any atom is 0.251 e. The molecule has 0 bridgehead atoms. The van der Waals surface area contributed by atoms with E-state index in [1.54, 1.807) is 6.07 Å². The highest BCUT2D eigenvalue weighted by atomic mass is 16.2. The van der Waals surface area contributed by atoms with Gasteiger partial charge in [-0.15, -0.1) is 0 Å². The summed E-state index contributed by atoms with van der Waals surface area (Å²) < 4.78 is 0. The number of aromatic nitrogens is 1. The summed E-state index contributed by atoms with van der Waals surface area (Å²) in [5.41, 5.74) is 0.383. The Morgan fingerprint density at radius 2 is 1.87 bits per heavy atom. The molecule has 1 N–H and O–H groups in total. The highest BCUT2D eigenvalue weighted by molar-refractivity contribution is 6.12. The van der Waals surface area contributed by atoms with Gasteiger partial charge < -0.3 is 5.32 Å². The molecule has 0 saturated heterocycles. The maximum absolute atomic E-state index is 12.3. The van der Waals surface area contributed by atoms with Crippen molar-refractivity contribution in [3.05, 3.63) is 23.9 Å². The van der Waals surface area contributed by atoms with Crippen LogP contribution in [0.5, 0.6) is 0 Å². The van der Waals surface area contributed by atoms with E-state index >= 15 is 0 Å². The van der Waals surface area contributed by atoms with Crippen LogP contribution in [0.25, 0.3) is 0 Å². The third-order valence-electron chi connectivity index (χ3n) is 3.69. The fourth-order valence-corrected chi connectivity index (χ4v) is 2.42. The van der Waals surface area contributed by atoms with Crippen molar-refractivity contribution >= 4 is 23.5 Å². The van der Waals surface area contributed by atoms with Gasteiger partial charge in [-0.05, 0) is 24.5 Å². The van der Waals surface area contributed by atoms with Gasteiger partial charge in [0.05, 0.1) is 0 Å². The molecular weight excluding hydrogens is 294 g/mol. The minimum Gasteiger partial charge on any atom is -0.352 e. The quantitative estimate of drug-likeness (QED) is 0.837. The van der Waals surface area contributed by atoms with Gasteiger partial charge in [-0.3, -0.25) is 14.4 Å². The zero-order valence-corrected chi connectivity index (χ0v) is 14.3. The second kappa shape index (κ2) is 9.02. The monoisotopic (exact) mass is 319 g/mol. The Kier molecular flexibility index (Phi) is 7.38. The molecule has 1 heterocycles. The first-order valence-corrected chi connectivity index (χ1v) is 7.96. The van der Waals surface area contributed by atoms with Gasteiger partial charge in [0.1, 0.15) is 5.82 Å². The Morgan fingerprint density at radius 3 is 2.39 bits per heavy atom. The van der Waals surface area contributed by atoms with Gasteiger partial charge in [0.2, 0.25) is 11.8 Å². The predicted octanol–water partition coefficient (Wildman–Crippen LogP) is 2.54. The average molecular weight is 319 g/mol. The van der Waals surface area contributed by atoms with Gasteiger partial charge in [0, 0.05) is 32.2 Å². The molecule has 0 fully saturated rings. The molecule has 0 aliphatic carbocycles. The van der Waals surface area contributed by atoms with Crippen molar-refractivity contribution < 1.29 is 14.4 Å². The first-order chi connectivity index (χ1) is 10.9. The number of pyridine rings is 1. The van der Waals surface area contributed by atoms with Crippen molar-refractivity contribution in [2.75, 3.05) is 11.4 Å². The number of carbonyl (C=O) groups excluding carboxylic acids is 3. The normalized spacial score (nSPS) is 11.7. The Morgan fingerprint density at radius 1 is 1.22 bits per heavy atom. The molecule has 1 rings (SSSR count). The largest absolute Gasteiger partial charge is 0.352 e. The minimum atomic E-state index is -0.434. The predicted molar refractivity (Wildman–Crippen MR) is 89.1 cm³/mol. The second-order valence-corrected chi connectivity index (χ2v) is 5.55. The van der Waals surface area contributed by atoms with E-state index < -0.39 is 11.8 Å². The standard InChI is InChI=1S/C17H25N3O3/c1-5-7-14(6-2)11-19-17(23)15-8-9-18-16(10-15)20(12(3)21)13(4)22/h8-10,14H,5-7,11H2,1-4H3,(H,19,23). The summed E-state index contributed by atoms with van der Waals surface area (Å²) in [7, 11) is 0. The summed E-state index contributed by atoms with van der Waals surface area (Å²) in [5, 5.41) is 2.90. The molecule has 0 aromatic carbocycles. The molecule has 0 aliphatic rings. The van der Waals surface area contributed by atoms with E-state index in [2.05, 4.69) is 24.1 Å². The summed E-state index contributed by atoms with van der Waals surface area (Å²) in [6.07, 6.45) is 4.59. The third kappa shape index (κ3) is 5.47. The lowest BCUT2D eigenvalue weighted by atomic mass is 10.0. The molecule has 0 spiro atoms. The second-order valence-electron chi connectivity index (χ2n) is 5.55. The molecule has 0 radical (unpaired) electrons. The van der Waals surface area contributed by atoms with Crippen LogP contribution >= 0.6 is 0 Å². The number of hydrogen-bond donors (Lipinski definition) is 1.